The smallest absolute Gasteiger partial charge is 0.243 e. The highest BCUT2D eigenvalue weighted by atomic mass is 19.2. The van der Waals surface area contributed by atoms with Crippen LogP contribution in [0.3, 0.4) is 0 Å². The van der Waals surface area contributed by atoms with Gasteiger partial charge in [0.15, 0.2) is 34.6 Å². The van der Waals surface area contributed by atoms with Crippen LogP contribution in [0, 0.1) is 23.3 Å². The molecule has 1 aliphatic rings. The first kappa shape index (κ1) is 21.7. The monoisotopic (exact) mass is 473 g/mol. The van der Waals surface area contributed by atoms with E-state index in [1.165, 1.54) is 16.8 Å². The molecule has 5 rings (SSSR count). The van der Waals surface area contributed by atoms with Gasteiger partial charge in [0.2, 0.25) is 11.9 Å². The molecule has 4 heterocycles. The highest BCUT2D eigenvalue weighted by Crippen LogP contribution is 2.34. The molecule has 1 fully saturated rings. The Morgan fingerprint density at radius 1 is 1.09 bits per heavy atom. The van der Waals surface area contributed by atoms with E-state index in [9.17, 15) is 22.4 Å². The third-order valence-electron chi connectivity index (χ3n) is 5.37. The average molecular weight is 473 g/mol. The van der Waals surface area contributed by atoms with E-state index >= 15 is 0 Å². The number of benzene rings is 1. The minimum Gasteiger partial charge on any atom is -0.377 e. The van der Waals surface area contributed by atoms with Gasteiger partial charge in [-0.05, 0) is 12.1 Å². The number of ether oxygens (including phenoxy) is 1. The maximum atomic E-state index is 14.5. The summed E-state index contributed by atoms with van der Waals surface area (Å²) in [7, 11) is 0. The van der Waals surface area contributed by atoms with Crippen molar-refractivity contribution in [3.8, 4) is 11.1 Å². The predicted octanol–water partition coefficient (Wildman–Crippen LogP) is 2.38. The molecule has 4 aromatic rings. The Hall–Kier alpha value is -4.13. The highest BCUT2D eigenvalue weighted by molar-refractivity contribution is 5.90. The number of nitrogens with one attached hydrogen (secondary N) is 2. The minimum atomic E-state index is -1.56. The van der Waals surface area contributed by atoms with E-state index in [1.807, 2.05) is 0 Å². The SMILES string of the molecule is C=CC(=O)NC1COCC1Nc1ncc2cc(-c3c(F)c(F)cc(F)c3F)c3ncnn3c2n1. The number of carbonyl (C=O) groups excluding carboxylic acids is 1. The van der Waals surface area contributed by atoms with Crippen LogP contribution in [0.5, 0.6) is 0 Å². The molecule has 0 spiro atoms. The van der Waals surface area contributed by atoms with E-state index in [1.54, 1.807) is 0 Å². The molecule has 1 aromatic carbocycles. The van der Waals surface area contributed by atoms with Gasteiger partial charge in [-0.3, -0.25) is 4.79 Å². The molecule has 0 bridgehead atoms. The lowest BCUT2D eigenvalue weighted by Gasteiger charge is -2.19. The van der Waals surface area contributed by atoms with Crippen LogP contribution in [-0.2, 0) is 9.53 Å². The van der Waals surface area contributed by atoms with Crippen LogP contribution in [0.2, 0.25) is 0 Å². The fourth-order valence-electron chi connectivity index (χ4n) is 3.76. The number of hydrogen-bond acceptors (Lipinski definition) is 7. The zero-order chi connectivity index (χ0) is 24.0. The van der Waals surface area contributed by atoms with Crippen molar-refractivity contribution < 1.29 is 27.1 Å². The molecule has 174 valence electrons. The Labute approximate surface area is 188 Å². The second kappa shape index (κ2) is 8.33. The minimum absolute atomic E-state index is 0.0692. The zero-order valence-corrected chi connectivity index (χ0v) is 17.2. The quantitative estimate of drug-likeness (QED) is 0.260. The van der Waals surface area contributed by atoms with Crippen LogP contribution < -0.4 is 10.6 Å². The van der Waals surface area contributed by atoms with Gasteiger partial charge in [-0.2, -0.15) is 14.6 Å². The molecule has 1 amide bonds. The van der Waals surface area contributed by atoms with Crippen LogP contribution >= 0.6 is 0 Å². The average Bonchev–Trinajstić information content (AvgIpc) is 3.48. The Balaban J connectivity index is 1.57. The molecule has 34 heavy (non-hydrogen) atoms. The lowest BCUT2D eigenvalue weighted by molar-refractivity contribution is -0.117. The molecule has 13 heteroatoms. The summed E-state index contributed by atoms with van der Waals surface area (Å²) in [6.07, 6.45) is 3.62. The number of anilines is 1. The maximum absolute atomic E-state index is 14.5. The van der Waals surface area contributed by atoms with Crippen molar-refractivity contribution in [2.24, 2.45) is 0 Å². The first-order valence-corrected chi connectivity index (χ1v) is 9.97. The van der Waals surface area contributed by atoms with Crippen molar-refractivity contribution >= 4 is 28.5 Å². The second-order valence-electron chi connectivity index (χ2n) is 7.48. The van der Waals surface area contributed by atoms with E-state index in [2.05, 4.69) is 37.3 Å². The number of pyridine rings is 1. The van der Waals surface area contributed by atoms with E-state index in [0.29, 0.717) is 0 Å². The predicted molar refractivity (Wildman–Crippen MR) is 112 cm³/mol. The first-order valence-electron chi connectivity index (χ1n) is 9.97. The van der Waals surface area contributed by atoms with Gasteiger partial charge in [0.25, 0.3) is 0 Å². The Morgan fingerprint density at radius 3 is 2.56 bits per heavy atom. The molecule has 1 saturated heterocycles. The van der Waals surface area contributed by atoms with Gasteiger partial charge in [0, 0.05) is 23.2 Å². The van der Waals surface area contributed by atoms with Crippen LogP contribution in [-0.4, -0.2) is 55.8 Å². The number of halogens is 4. The fraction of sp³-hybridized carbons (Fsp3) is 0.190. The maximum Gasteiger partial charge on any atom is 0.243 e. The van der Waals surface area contributed by atoms with Gasteiger partial charge >= 0.3 is 0 Å². The molecule has 2 unspecified atom stereocenters. The summed E-state index contributed by atoms with van der Waals surface area (Å²) in [5.41, 5.74) is -0.986. The normalized spacial score (nSPS) is 17.9. The molecule has 2 N–H and O–H groups in total. The molecule has 0 saturated carbocycles. The van der Waals surface area contributed by atoms with Crippen molar-refractivity contribution in [1.82, 2.24) is 29.9 Å². The van der Waals surface area contributed by atoms with Crippen LogP contribution in [0.15, 0.2) is 37.3 Å². The van der Waals surface area contributed by atoms with Gasteiger partial charge in [-0.1, -0.05) is 6.58 Å². The van der Waals surface area contributed by atoms with Crippen molar-refractivity contribution in [3.63, 3.8) is 0 Å². The second-order valence-corrected chi connectivity index (χ2v) is 7.48. The van der Waals surface area contributed by atoms with Gasteiger partial charge in [-0.15, -0.1) is 0 Å². The topological polar surface area (TPSA) is 106 Å². The number of amides is 1. The molecular weight excluding hydrogens is 458 g/mol. The zero-order valence-electron chi connectivity index (χ0n) is 17.2. The van der Waals surface area contributed by atoms with Crippen LogP contribution in [0.4, 0.5) is 23.5 Å². The third kappa shape index (κ3) is 3.59. The van der Waals surface area contributed by atoms with Crippen LogP contribution in [0.1, 0.15) is 0 Å². The van der Waals surface area contributed by atoms with Gasteiger partial charge in [0.05, 0.1) is 30.9 Å². The molecular formula is C21H15F4N7O2. The summed E-state index contributed by atoms with van der Waals surface area (Å²) in [5.74, 6) is -6.39. The highest BCUT2D eigenvalue weighted by Gasteiger charge is 2.30. The molecule has 3 aromatic heterocycles. The largest absolute Gasteiger partial charge is 0.377 e. The molecule has 0 aliphatic carbocycles. The summed E-state index contributed by atoms with van der Waals surface area (Å²) >= 11 is 0. The van der Waals surface area contributed by atoms with Gasteiger partial charge < -0.3 is 15.4 Å². The summed E-state index contributed by atoms with van der Waals surface area (Å²) in [6.45, 7) is 3.98. The summed E-state index contributed by atoms with van der Waals surface area (Å²) in [5, 5.41) is 10.1. The lowest BCUT2D eigenvalue weighted by atomic mass is 10.0. The first-order chi connectivity index (χ1) is 16.4. The Kier molecular flexibility index (Phi) is 5.32. The molecule has 9 nitrogen and oxygen atoms in total. The summed E-state index contributed by atoms with van der Waals surface area (Å²) in [4.78, 5) is 24.2. The standard InChI is InChI=1S/C21H15F4N7O2/c1-2-15(33)29-13-6-34-7-14(13)30-21-26-5-9-3-10(20-27-8-28-32(20)19(9)31-21)16-17(24)11(22)4-12(23)18(16)25/h2-5,8,13-14H,1,6-7H2,(H,29,33)(H,26,30,31). The van der Waals surface area contributed by atoms with E-state index in [0.717, 1.165) is 12.4 Å². The number of fused-ring (bicyclic) bond motifs is 3. The number of nitrogens with zero attached hydrogens (tertiary/aromatic N) is 5. The van der Waals surface area contributed by atoms with E-state index < -0.39 is 28.8 Å². The third-order valence-corrected chi connectivity index (χ3v) is 5.37. The van der Waals surface area contributed by atoms with Gasteiger partial charge in [0.1, 0.15) is 6.33 Å². The van der Waals surface area contributed by atoms with Crippen molar-refractivity contribution in [1.29, 1.82) is 0 Å². The lowest BCUT2D eigenvalue weighted by Crippen LogP contribution is -2.45. The fourth-order valence-corrected chi connectivity index (χ4v) is 3.76. The molecule has 2 atom stereocenters. The number of carbonyl (C=O) groups is 1. The number of rotatable bonds is 5. The Bertz CT molecular complexity index is 1430. The van der Waals surface area contributed by atoms with Gasteiger partial charge in [-0.25, -0.2) is 27.5 Å². The van der Waals surface area contributed by atoms with Crippen molar-refractivity contribution in [3.05, 3.63) is 60.6 Å². The molecule has 1 aliphatic heterocycles. The van der Waals surface area contributed by atoms with Crippen molar-refractivity contribution in [2.45, 2.75) is 12.1 Å². The van der Waals surface area contributed by atoms with E-state index in [4.69, 9.17) is 4.74 Å². The van der Waals surface area contributed by atoms with Crippen molar-refractivity contribution in [2.75, 3.05) is 18.5 Å². The summed E-state index contributed by atoms with van der Waals surface area (Å²) in [6, 6.07) is 0.710. The van der Waals surface area contributed by atoms with E-state index in [-0.39, 0.29) is 65.5 Å². The number of aromatic nitrogens is 5. The number of hydrogen-bond donors (Lipinski definition) is 2. The summed E-state index contributed by atoms with van der Waals surface area (Å²) < 4.78 is 63.2. The molecule has 0 radical (unpaired) electrons. The van der Waals surface area contributed by atoms with Crippen LogP contribution in [0.25, 0.3) is 27.8 Å². The Morgan fingerprint density at radius 2 is 1.82 bits per heavy atom.